The van der Waals surface area contributed by atoms with E-state index in [0.717, 1.165) is 17.3 Å². The van der Waals surface area contributed by atoms with Crippen molar-refractivity contribution in [2.45, 2.75) is 66.4 Å². The van der Waals surface area contributed by atoms with Crippen molar-refractivity contribution in [3.63, 3.8) is 0 Å². The minimum atomic E-state index is -1.33. The van der Waals surface area contributed by atoms with Crippen LogP contribution in [0.5, 0.6) is 11.5 Å². The van der Waals surface area contributed by atoms with Gasteiger partial charge < -0.3 is 14.2 Å². The number of methoxy groups -OCH3 is 1. The number of rotatable bonds is 10. The second-order valence-corrected chi connectivity index (χ2v) is 7.87. The number of hydrogen-bond acceptors (Lipinski definition) is 5. The molecule has 0 saturated carbocycles. The summed E-state index contributed by atoms with van der Waals surface area (Å²) in [5, 5.41) is 0. The van der Waals surface area contributed by atoms with Crippen molar-refractivity contribution < 1.29 is 23.8 Å². The van der Waals surface area contributed by atoms with E-state index in [1.54, 1.807) is 32.0 Å². The molecule has 0 heterocycles. The Balaban J connectivity index is 3.10. The normalized spacial score (nSPS) is 12.6. The Hall–Kier alpha value is -1.56. The van der Waals surface area contributed by atoms with E-state index in [1.807, 2.05) is 20.8 Å². The maximum absolute atomic E-state index is 13.0. The first kappa shape index (κ1) is 23.5. The lowest BCUT2D eigenvalue weighted by Crippen LogP contribution is -2.44. The van der Waals surface area contributed by atoms with Crippen LogP contribution in [0.15, 0.2) is 22.7 Å². The molecule has 1 atom stereocenters. The molecule has 5 nitrogen and oxygen atoms in total. The summed E-state index contributed by atoms with van der Waals surface area (Å²) >= 11 is 3.35. The quantitative estimate of drug-likeness (QED) is 0.270. The Morgan fingerprint density at radius 1 is 1.07 bits per heavy atom. The molecule has 152 valence electrons. The van der Waals surface area contributed by atoms with E-state index in [1.165, 1.54) is 7.11 Å². The van der Waals surface area contributed by atoms with Gasteiger partial charge in [-0.15, -0.1) is 0 Å². The highest BCUT2D eigenvalue weighted by Gasteiger charge is 2.47. The summed E-state index contributed by atoms with van der Waals surface area (Å²) in [6.07, 6.45) is 2.06. The van der Waals surface area contributed by atoms with Crippen LogP contribution < -0.4 is 9.47 Å². The molecule has 0 N–H and O–H groups in total. The van der Waals surface area contributed by atoms with E-state index in [-0.39, 0.29) is 17.8 Å². The fourth-order valence-electron chi connectivity index (χ4n) is 2.90. The van der Waals surface area contributed by atoms with Gasteiger partial charge in [0, 0.05) is 4.47 Å². The summed E-state index contributed by atoms with van der Waals surface area (Å²) in [6.45, 7) is 9.67. The van der Waals surface area contributed by atoms with Crippen LogP contribution in [0.1, 0.15) is 60.3 Å². The Morgan fingerprint density at radius 3 is 2.19 bits per heavy atom. The zero-order chi connectivity index (χ0) is 20.6. The summed E-state index contributed by atoms with van der Waals surface area (Å²) in [6, 6.07) is 5.09. The predicted octanol–water partition coefficient (Wildman–Crippen LogP) is 5.54. The van der Waals surface area contributed by atoms with Gasteiger partial charge in [-0.3, -0.25) is 9.59 Å². The van der Waals surface area contributed by atoms with Crippen molar-refractivity contribution in [3.05, 3.63) is 22.7 Å². The third kappa shape index (κ3) is 5.71. The van der Waals surface area contributed by atoms with Crippen molar-refractivity contribution >= 4 is 27.9 Å². The van der Waals surface area contributed by atoms with Crippen LogP contribution in [0, 0.1) is 11.3 Å². The zero-order valence-electron chi connectivity index (χ0n) is 17.1. The molecule has 0 fully saturated rings. The van der Waals surface area contributed by atoms with Crippen LogP contribution in [0.2, 0.25) is 0 Å². The van der Waals surface area contributed by atoms with E-state index in [2.05, 4.69) is 15.9 Å². The van der Waals surface area contributed by atoms with Gasteiger partial charge in [-0.05, 0) is 43.4 Å². The number of hydrogen-bond donors (Lipinski definition) is 0. The first-order valence-electron chi connectivity index (χ1n) is 9.52. The number of ether oxygens (including phenoxy) is 3. The maximum Gasteiger partial charge on any atom is 0.328 e. The fourth-order valence-corrected chi connectivity index (χ4v) is 3.24. The molecule has 0 amide bonds. The smallest absolute Gasteiger partial charge is 0.328 e. The molecule has 6 heteroatoms. The molecular formula is C21H31BrO5. The molecular weight excluding hydrogens is 412 g/mol. The first-order valence-corrected chi connectivity index (χ1v) is 10.3. The number of esters is 2. The van der Waals surface area contributed by atoms with Crippen LogP contribution >= 0.6 is 15.9 Å². The van der Waals surface area contributed by atoms with Gasteiger partial charge in [0.05, 0.1) is 7.11 Å². The molecule has 0 aromatic heterocycles. The van der Waals surface area contributed by atoms with Crippen molar-refractivity contribution in [3.8, 4) is 11.5 Å². The van der Waals surface area contributed by atoms with E-state index < -0.39 is 17.4 Å². The van der Waals surface area contributed by atoms with Gasteiger partial charge in [0.25, 0.3) is 0 Å². The fraction of sp³-hybridized carbons (Fsp3) is 0.619. The molecule has 0 bridgehead atoms. The van der Waals surface area contributed by atoms with Crippen molar-refractivity contribution in [2.75, 3.05) is 7.11 Å². The standard InChI is InChI=1S/C21H31BrO5/c1-7-10-16(14(4)5)26-19(23)21(8-2,9-3)20(24)27-17-12-11-15(22)13-18(17)25-6/h11-14,16H,7-10H2,1-6H3. The third-order valence-corrected chi connectivity index (χ3v) is 5.39. The first-order chi connectivity index (χ1) is 12.7. The molecule has 0 aliphatic heterocycles. The highest BCUT2D eigenvalue weighted by molar-refractivity contribution is 9.10. The lowest BCUT2D eigenvalue weighted by molar-refractivity contribution is -0.174. The monoisotopic (exact) mass is 442 g/mol. The van der Waals surface area contributed by atoms with Gasteiger partial charge >= 0.3 is 11.9 Å². The lowest BCUT2D eigenvalue weighted by atomic mass is 9.82. The second-order valence-electron chi connectivity index (χ2n) is 6.95. The van der Waals surface area contributed by atoms with Crippen molar-refractivity contribution in [2.24, 2.45) is 11.3 Å². The van der Waals surface area contributed by atoms with E-state index >= 15 is 0 Å². The number of carbonyl (C=O) groups is 2. The summed E-state index contributed by atoms with van der Waals surface area (Å²) in [5.41, 5.74) is -1.33. The van der Waals surface area contributed by atoms with Gasteiger partial charge in [-0.1, -0.05) is 57.0 Å². The van der Waals surface area contributed by atoms with Crippen LogP contribution in [0.4, 0.5) is 0 Å². The van der Waals surface area contributed by atoms with Gasteiger partial charge in [0.1, 0.15) is 6.10 Å². The molecule has 0 aliphatic rings. The zero-order valence-corrected chi connectivity index (χ0v) is 18.7. The Bertz CT molecular complexity index is 637. The van der Waals surface area contributed by atoms with Crippen LogP contribution in [-0.2, 0) is 14.3 Å². The highest BCUT2D eigenvalue weighted by Crippen LogP contribution is 2.36. The molecule has 0 aliphatic carbocycles. The van der Waals surface area contributed by atoms with E-state index in [0.29, 0.717) is 18.6 Å². The van der Waals surface area contributed by atoms with Crippen molar-refractivity contribution in [1.29, 1.82) is 0 Å². The summed E-state index contributed by atoms with van der Waals surface area (Å²) < 4.78 is 17.4. The topological polar surface area (TPSA) is 61.8 Å². The second kappa shape index (κ2) is 10.7. The maximum atomic E-state index is 13.0. The Kier molecular flexibility index (Phi) is 9.30. The van der Waals surface area contributed by atoms with E-state index in [9.17, 15) is 9.59 Å². The predicted molar refractivity (Wildman–Crippen MR) is 109 cm³/mol. The third-order valence-electron chi connectivity index (χ3n) is 4.89. The Morgan fingerprint density at radius 2 is 1.70 bits per heavy atom. The Labute approximate surface area is 170 Å². The molecule has 1 aromatic carbocycles. The van der Waals surface area contributed by atoms with Gasteiger partial charge in [-0.2, -0.15) is 0 Å². The van der Waals surface area contributed by atoms with Gasteiger partial charge in [0.2, 0.25) is 0 Å². The molecule has 1 rings (SSSR count). The van der Waals surface area contributed by atoms with Crippen LogP contribution in [0.3, 0.4) is 0 Å². The van der Waals surface area contributed by atoms with Crippen LogP contribution in [0.25, 0.3) is 0 Å². The summed E-state index contributed by atoms with van der Waals surface area (Å²) in [5.74, 6) is -0.252. The molecule has 0 saturated heterocycles. The lowest BCUT2D eigenvalue weighted by Gasteiger charge is -2.30. The molecule has 1 unspecified atom stereocenters. The molecule has 0 spiro atoms. The highest BCUT2D eigenvalue weighted by atomic mass is 79.9. The largest absolute Gasteiger partial charge is 0.493 e. The SMILES string of the molecule is CCCC(OC(=O)C(CC)(CC)C(=O)Oc1ccc(Br)cc1OC)C(C)C. The van der Waals surface area contributed by atoms with Crippen LogP contribution in [-0.4, -0.2) is 25.2 Å². The summed E-state index contributed by atoms with van der Waals surface area (Å²) in [4.78, 5) is 26.0. The minimum Gasteiger partial charge on any atom is -0.493 e. The molecule has 27 heavy (non-hydrogen) atoms. The minimum absolute atomic E-state index is 0.183. The van der Waals surface area contributed by atoms with Gasteiger partial charge in [0.15, 0.2) is 16.9 Å². The summed E-state index contributed by atoms with van der Waals surface area (Å²) in [7, 11) is 1.50. The molecule has 0 radical (unpaired) electrons. The van der Waals surface area contributed by atoms with E-state index in [4.69, 9.17) is 14.2 Å². The number of carbonyl (C=O) groups excluding carboxylic acids is 2. The van der Waals surface area contributed by atoms with Gasteiger partial charge in [-0.25, -0.2) is 0 Å². The average Bonchev–Trinajstić information content (AvgIpc) is 2.64. The molecule has 1 aromatic rings. The number of benzene rings is 1. The average molecular weight is 443 g/mol. The number of halogens is 1. The van der Waals surface area contributed by atoms with Crippen molar-refractivity contribution in [1.82, 2.24) is 0 Å².